The number of benzene rings is 2. The van der Waals surface area contributed by atoms with Gasteiger partial charge in [0.25, 0.3) is 0 Å². The molecule has 0 radical (unpaired) electrons. The van der Waals surface area contributed by atoms with E-state index in [4.69, 9.17) is 9.47 Å². The molecule has 2 unspecified atom stereocenters. The highest BCUT2D eigenvalue weighted by Gasteiger charge is 2.44. The Labute approximate surface area is 173 Å². The Kier molecular flexibility index (Phi) is 6.26. The number of methoxy groups -OCH3 is 1. The van der Waals surface area contributed by atoms with Gasteiger partial charge in [-0.2, -0.15) is 5.10 Å². The minimum Gasteiger partial charge on any atom is -0.493 e. The van der Waals surface area contributed by atoms with E-state index in [-0.39, 0.29) is 23.2 Å². The highest BCUT2D eigenvalue weighted by Crippen LogP contribution is 2.47. The third-order valence-corrected chi connectivity index (χ3v) is 5.21. The molecule has 154 valence electrons. The van der Waals surface area contributed by atoms with E-state index in [0.717, 1.165) is 12.0 Å². The first-order chi connectivity index (χ1) is 13.8. The zero-order valence-electron chi connectivity index (χ0n) is 17.9. The Morgan fingerprint density at radius 1 is 1.17 bits per heavy atom. The van der Waals surface area contributed by atoms with Crippen molar-refractivity contribution in [1.82, 2.24) is 5.43 Å². The molecule has 0 aromatic heterocycles. The molecule has 0 bridgehead atoms. The van der Waals surface area contributed by atoms with E-state index < -0.39 is 0 Å². The predicted octanol–water partition coefficient (Wildman–Crippen LogP) is 4.65. The van der Waals surface area contributed by atoms with Gasteiger partial charge in [0.1, 0.15) is 0 Å². The van der Waals surface area contributed by atoms with Crippen molar-refractivity contribution in [1.29, 1.82) is 0 Å². The van der Waals surface area contributed by atoms with Crippen LogP contribution in [0.15, 0.2) is 47.6 Å². The number of amides is 1. The van der Waals surface area contributed by atoms with Crippen LogP contribution in [0.3, 0.4) is 0 Å². The second kappa shape index (κ2) is 8.68. The lowest BCUT2D eigenvalue weighted by atomic mass is 9.86. The minimum atomic E-state index is -0.0379. The van der Waals surface area contributed by atoms with E-state index >= 15 is 0 Å². The van der Waals surface area contributed by atoms with Crippen LogP contribution in [0.4, 0.5) is 0 Å². The molecule has 0 aliphatic heterocycles. The molecule has 0 heterocycles. The second-order valence-electron chi connectivity index (χ2n) is 8.40. The van der Waals surface area contributed by atoms with Crippen LogP contribution in [-0.4, -0.2) is 25.8 Å². The molecule has 1 aliphatic carbocycles. The van der Waals surface area contributed by atoms with Crippen LogP contribution in [0.25, 0.3) is 0 Å². The summed E-state index contributed by atoms with van der Waals surface area (Å²) in [5, 5.41) is 4.11. The highest BCUT2D eigenvalue weighted by atomic mass is 16.5. The maximum absolute atomic E-state index is 12.4. The molecule has 2 aromatic rings. The first-order valence-corrected chi connectivity index (χ1v) is 10.1. The van der Waals surface area contributed by atoms with E-state index in [2.05, 4.69) is 55.6 Å². The van der Waals surface area contributed by atoms with Gasteiger partial charge in [0.05, 0.1) is 19.9 Å². The highest BCUT2D eigenvalue weighted by molar-refractivity contribution is 5.86. The van der Waals surface area contributed by atoms with Crippen LogP contribution in [0.2, 0.25) is 0 Å². The normalized spacial score (nSPS) is 18.5. The maximum Gasteiger partial charge on any atom is 0.243 e. The summed E-state index contributed by atoms with van der Waals surface area (Å²) < 4.78 is 10.8. The molecule has 1 aliphatic rings. The monoisotopic (exact) mass is 394 g/mol. The van der Waals surface area contributed by atoms with Crippen molar-refractivity contribution in [2.45, 2.75) is 45.4 Å². The maximum atomic E-state index is 12.4. The molecule has 0 saturated heterocycles. The van der Waals surface area contributed by atoms with E-state index in [9.17, 15) is 4.79 Å². The van der Waals surface area contributed by atoms with Crippen LogP contribution in [0, 0.1) is 5.92 Å². The van der Waals surface area contributed by atoms with Gasteiger partial charge in [0.2, 0.25) is 5.91 Å². The van der Waals surface area contributed by atoms with Crippen molar-refractivity contribution in [3.8, 4) is 11.5 Å². The summed E-state index contributed by atoms with van der Waals surface area (Å²) in [7, 11) is 1.60. The number of nitrogens with zero attached hydrogens (tertiary/aromatic N) is 1. The molecule has 1 fully saturated rings. The molecule has 1 amide bonds. The first kappa shape index (κ1) is 20.9. The summed E-state index contributed by atoms with van der Waals surface area (Å²) in [6.07, 6.45) is 2.48. The van der Waals surface area contributed by atoms with Gasteiger partial charge in [-0.25, -0.2) is 5.43 Å². The van der Waals surface area contributed by atoms with Crippen LogP contribution < -0.4 is 14.9 Å². The van der Waals surface area contributed by atoms with Gasteiger partial charge in [0.15, 0.2) is 11.5 Å². The fourth-order valence-electron chi connectivity index (χ4n) is 3.38. The zero-order chi connectivity index (χ0) is 21.0. The standard InChI is InChI=1S/C24H30N2O3/c1-6-29-21-12-7-16(13-22(21)28-5)15-25-26-23(27)20-14-19(20)17-8-10-18(11-9-17)24(2,3)4/h7-13,15,19-20H,6,14H2,1-5H3,(H,26,27). The predicted molar refractivity (Wildman–Crippen MR) is 116 cm³/mol. The number of nitrogens with one attached hydrogen (secondary N) is 1. The van der Waals surface area contributed by atoms with E-state index in [1.807, 2.05) is 25.1 Å². The second-order valence-corrected chi connectivity index (χ2v) is 8.40. The number of carbonyl (C=O) groups is 1. The Hall–Kier alpha value is -2.82. The fourth-order valence-corrected chi connectivity index (χ4v) is 3.38. The number of ether oxygens (including phenoxy) is 2. The largest absolute Gasteiger partial charge is 0.493 e. The average Bonchev–Trinajstić information content (AvgIpc) is 3.49. The number of rotatable bonds is 7. The van der Waals surface area contributed by atoms with Crippen molar-refractivity contribution in [3.63, 3.8) is 0 Å². The summed E-state index contributed by atoms with van der Waals surface area (Å²) in [6.45, 7) is 9.10. The van der Waals surface area contributed by atoms with Crippen molar-refractivity contribution >= 4 is 12.1 Å². The lowest BCUT2D eigenvalue weighted by molar-refractivity contribution is -0.122. The summed E-state index contributed by atoms with van der Waals surface area (Å²) >= 11 is 0. The molecular formula is C24H30N2O3. The quantitative estimate of drug-likeness (QED) is 0.549. The van der Waals surface area contributed by atoms with Gasteiger partial charge in [-0.3, -0.25) is 4.79 Å². The van der Waals surface area contributed by atoms with Crippen LogP contribution >= 0.6 is 0 Å². The minimum absolute atomic E-state index is 0.0116. The molecular weight excluding hydrogens is 364 g/mol. The summed E-state index contributed by atoms with van der Waals surface area (Å²) in [4.78, 5) is 12.4. The Balaban J connectivity index is 1.55. The number of hydrazone groups is 1. The van der Waals surface area contributed by atoms with Gasteiger partial charge in [-0.05, 0) is 59.6 Å². The molecule has 2 aromatic carbocycles. The first-order valence-electron chi connectivity index (χ1n) is 10.1. The molecule has 29 heavy (non-hydrogen) atoms. The summed E-state index contributed by atoms with van der Waals surface area (Å²) in [6, 6.07) is 14.2. The molecule has 2 atom stereocenters. The summed E-state index contributed by atoms with van der Waals surface area (Å²) in [5.74, 6) is 1.56. The van der Waals surface area contributed by atoms with E-state index in [1.165, 1.54) is 11.1 Å². The van der Waals surface area contributed by atoms with Crippen molar-refractivity contribution in [3.05, 3.63) is 59.2 Å². The molecule has 3 rings (SSSR count). The topological polar surface area (TPSA) is 59.9 Å². The van der Waals surface area contributed by atoms with Gasteiger partial charge >= 0.3 is 0 Å². The van der Waals surface area contributed by atoms with Crippen molar-refractivity contribution in [2.24, 2.45) is 11.0 Å². The van der Waals surface area contributed by atoms with Crippen LogP contribution in [-0.2, 0) is 10.2 Å². The average molecular weight is 395 g/mol. The molecule has 0 spiro atoms. The van der Waals surface area contributed by atoms with Crippen molar-refractivity contribution < 1.29 is 14.3 Å². The van der Waals surface area contributed by atoms with Gasteiger partial charge in [-0.1, -0.05) is 45.0 Å². The van der Waals surface area contributed by atoms with Gasteiger partial charge in [-0.15, -0.1) is 0 Å². The zero-order valence-corrected chi connectivity index (χ0v) is 17.9. The smallest absolute Gasteiger partial charge is 0.243 e. The van der Waals surface area contributed by atoms with Gasteiger partial charge in [0, 0.05) is 5.92 Å². The molecule has 5 nitrogen and oxygen atoms in total. The number of hydrogen-bond donors (Lipinski definition) is 1. The number of hydrogen-bond acceptors (Lipinski definition) is 4. The van der Waals surface area contributed by atoms with Crippen molar-refractivity contribution in [2.75, 3.05) is 13.7 Å². The lowest BCUT2D eigenvalue weighted by Gasteiger charge is -2.19. The Morgan fingerprint density at radius 2 is 1.90 bits per heavy atom. The van der Waals surface area contributed by atoms with E-state index in [0.29, 0.717) is 18.1 Å². The Bertz CT molecular complexity index is 882. The molecule has 1 N–H and O–H groups in total. The third-order valence-electron chi connectivity index (χ3n) is 5.21. The SMILES string of the molecule is CCOc1ccc(C=NNC(=O)C2CC2c2ccc(C(C)(C)C)cc2)cc1OC. The number of carbonyl (C=O) groups excluding carboxylic acids is 1. The Morgan fingerprint density at radius 3 is 2.52 bits per heavy atom. The van der Waals surface area contributed by atoms with E-state index in [1.54, 1.807) is 13.3 Å². The lowest BCUT2D eigenvalue weighted by Crippen LogP contribution is -2.20. The fraction of sp³-hybridized carbons (Fsp3) is 0.417. The van der Waals surface area contributed by atoms with Crippen LogP contribution in [0.5, 0.6) is 11.5 Å². The van der Waals surface area contributed by atoms with Gasteiger partial charge < -0.3 is 9.47 Å². The molecule has 5 heteroatoms. The summed E-state index contributed by atoms with van der Waals surface area (Å²) in [5.41, 5.74) is 6.15. The third kappa shape index (κ3) is 5.17. The molecule has 1 saturated carbocycles. The van der Waals surface area contributed by atoms with Crippen LogP contribution in [0.1, 0.15) is 56.7 Å².